The molecule has 1 fully saturated rings. The van der Waals surface area contributed by atoms with Crippen molar-refractivity contribution in [3.63, 3.8) is 0 Å². The fourth-order valence-electron chi connectivity index (χ4n) is 5.23. The number of carbonyl (C=O) groups excluding carboxylic acids is 1. The van der Waals surface area contributed by atoms with Gasteiger partial charge in [0.25, 0.3) is 15.9 Å². The molecular formula is C29H37N7O4S2. The van der Waals surface area contributed by atoms with Crippen LogP contribution in [-0.4, -0.2) is 95.4 Å². The summed E-state index contributed by atoms with van der Waals surface area (Å²) in [7, 11) is -3.60. The Morgan fingerprint density at radius 3 is 2.50 bits per heavy atom. The highest BCUT2D eigenvalue weighted by molar-refractivity contribution is 7.91. The lowest BCUT2D eigenvalue weighted by Crippen LogP contribution is -2.50. The lowest BCUT2D eigenvalue weighted by molar-refractivity contribution is 0.0774. The quantitative estimate of drug-likeness (QED) is 0.280. The van der Waals surface area contributed by atoms with Crippen LogP contribution in [-0.2, 0) is 10.0 Å². The van der Waals surface area contributed by atoms with E-state index in [0.29, 0.717) is 72.7 Å². The van der Waals surface area contributed by atoms with Gasteiger partial charge in [0.1, 0.15) is 16.4 Å². The minimum absolute atomic E-state index is 0.0295. The smallest absolute Gasteiger partial charge is 0.256 e. The van der Waals surface area contributed by atoms with Gasteiger partial charge in [-0.15, -0.1) is 11.3 Å². The van der Waals surface area contributed by atoms with Crippen molar-refractivity contribution in [1.82, 2.24) is 29.2 Å². The molecule has 1 amide bonds. The molecule has 1 atom stereocenters. The van der Waals surface area contributed by atoms with Crippen LogP contribution in [0.2, 0.25) is 0 Å². The summed E-state index contributed by atoms with van der Waals surface area (Å²) in [6.45, 7) is 13.8. The zero-order valence-corrected chi connectivity index (χ0v) is 26.3. The zero-order chi connectivity index (χ0) is 30.0. The molecule has 0 radical (unpaired) electrons. The number of fused-ring (bicyclic) bond motifs is 1. The number of hydrogen-bond acceptors (Lipinski definition) is 10. The summed E-state index contributed by atoms with van der Waals surface area (Å²) >= 11 is 1.21. The van der Waals surface area contributed by atoms with Crippen molar-refractivity contribution < 1.29 is 17.7 Å². The van der Waals surface area contributed by atoms with Gasteiger partial charge in [-0.25, -0.2) is 18.4 Å². The second-order valence-electron chi connectivity index (χ2n) is 10.5. The number of sulfonamides is 1. The first-order valence-electron chi connectivity index (χ1n) is 14.2. The molecule has 0 aliphatic carbocycles. The Morgan fingerprint density at radius 1 is 1.10 bits per heavy atom. The molecule has 42 heavy (non-hydrogen) atoms. The number of amides is 1. The van der Waals surface area contributed by atoms with Crippen LogP contribution in [0.25, 0.3) is 21.5 Å². The van der Waals surface area contributed by atoms with E-state index in [1.807, 2.05) is 45.9 Å². The normalized spacial score (nSPS) is 15.6. The molecule has 0 unspecified atom stereocenters. The number of nitrogens with zero attached hydrogens (tertiary/aromatic N) is 6. The summed E-state index contributed by atoms with van der Waals surface area (Å²) in [4.78, 5) is 26.8. The molecule has 1 aliphatic heterocycles. The number of piperazine rings is 1. The number of aromatic nitrogens is 3. The van der Waals surface area contributed by atoms with Crippen molar-refractivity contribution in [2.75, 3.05) is 51.1 Å². The zero-order valence-electron chi connectivity index (χ0n) is 24.6. The Morgan fingerprint density at radius 2 is 1.83 bits per heavy atom. The maximum absolute atomic E-state index is 13.4. The number of rotatable bonds is 10. The van der Waals surface area contributed by atoms with E-state index in [2.05, 4.69) is 32.3 Å². The summed E-state index contributed by atoms with van der Waals surface area (Å²) in [5.41, 5.74) is 2.91. The molecule has 1 aromatic carbocycles. The highest BCUT2D eigenvalue weighted by atomic mass is 32.2. The van der Waals surface area contributed by atoms with E-state index >= 15 is 0 Å². The molecule has 1 aliphatic rings. The molecule has 3 aromatic heterocycles. The van der Waals surface area contributed by atoms with Crippen LogP contribution in [0.5, 0.6) is 0 Å². The van der Waals surface area contributed by atoms with Crippen molar-refractivity contribution in [3.05, 3.63) is 53.5 Å². The number of thiophene rings is 1. The highest BCUT2D eigenvalue weighted by Crippen LogP contribution is 2.35. The molecule has 0 saturated carbocycles. The molecule has 224 valence electrons. The number of para-hydroxylation sites is 1. The molecule has 1 saturated heterocycles. The number of anilines is 1. The summed E-state index contributed by atoms with van der Waals surface area (Å²) in [6, 6.07) is 9.06. The van der Waals surface area contributed by atoms with Crippen LogP contribution in [0.15, 0.2) is 45.4 Å². The van der Waals surface area contributed by atoms with Gasteiger partial charge in [0.2, 0.25) is 0 Å². The third-order valence-electron chi connectivity index (χ3n) is 7.75. The van der Waals surface area contributed by atoms with Gasteiger partial charge in [-0.2, -0.15) is 4.31 Å². The fourth-order valence-corrected chi connectivity index (χ4v) is 8.15. The first kappa shape index (κ1) is 30.1. The molecule has 0 bridgehead atoms. The van der Waals surface area contributed by atoms with E-state index in [9.17, 15) is 13.2 Å². The van der Waals surface area contributed by atoms with Gasteiger partial charge >= 0.3 is 0 Å². The van der Waals surface area contributed by atoms with Crippen LogP contribution in [0.3, 0.4) is 0 Å². The van der Waals surface area contributed by atoms with Gasteiger partial charge in [0, 0.05) is 62.8 Å². The number of carbonyl (C=O) groups is 1. The van der Waals surface area contributed by atoms with Crippen LogP contribution in [0, 0.1) is 13.8 Å². The van der Waals surface area contributed by atoms with Crippen molar-refractivity contribution in [1.29, 1.82) is 0 Å². The average molecular weight is 612 g/mol. The summed E-state index contributed by atoms with van der Waals surface area (Å²) in [5.74, 6) is 1.25. The van der Waals surface area contributed by atoms with E-state index in [-0.39, 0.29) is 11.9 Å². The van der Waals surface area contributed by atoms with Gasteiger partial charge in [-0.05, 0) is 58.9 Å². The van der Waals surface area contributed by atoms with E-state index in [1.165, 1.54) is 17.7 Å². The van der Waals surface area contributed by atoms with Crippen LogP contribution in [0.4, 0.5) is 5.82 Å². The highest BCUT2D eigenvalue weighted by Gasteiger charge is 2.31. The summed E-state index contributed by atoms with van der Waals surface area (Å²) in [5, 5.41) is 8.27. The van der Waals surface area contributed by atoms with Gasteiger partial charge in [-0.1, -0.05) is 11.2 Å². The predicted molar refractivity (Wildman–Crippen MR) is 164 cm³/mol. The summed E-state index contributed by atoms with van der Waals surface area (Å²) < 4.78 is 34.1. The molecule has 1 N–H and O–H groups in total. The number of nitrogens with one attached hydrogen (secondary N) is 1. The number of hydrogen-bond donors (Lipinski definition) is 1. The fraction of sp³-hybridized carbons (Fsp3) is 0.448. The van der Waals surface area contributed by atoms with Gasteiger partial charge in [0.05, 0.1) is 21.7 Å². The van der Waals surface area contributed by atoms with Crippen molar-refractivity contribution in [2.45, 2.75) is 44.9 Å². The van der Waals surface area contributed by atoms with Gasteiger partial charge < -0.3 is 14.7 Å². The third kappa shape index (κ3) is 5.91. The van der Waals surface area contributed by atoms with E-state index in [4.69, 9.17) is 4.52 Å². The lowest BCUT2D eigenvalue weighted by atomic mass is 10.1. The maximum atomic E-state index is 13.4. The standard InChI is InChI=1S/C29H37N7O4S2/c1-6-35(7-2)29(37)23-10-8-9-22-26(23)30-18-31-28(22)32-19(3)17-34-13-15-36(16-14-34)42(38,39)25-12-11-24(41-25)27-20(4)21(5)33-40-27/h8-12,18-19H,6-7,13-17H2,1-5H3,(H,30,31,32)/t19-/m0/s1. The molecule has 0 spiro atoms. The molecule has 4 heterocycles. The molecule has 11 nitrogen and oxygen atoms in total. The topological polar surface area (TPSA) is 125 Å². The molecule has 5 rings (SSSR count). The monoisotopic (exact) mass is 611 g/mol. The Kier molecular flexibility index (Phi) is 8.92. The Bertz CT molecular complexity index is 1670. The Hall–Kier alpha value is -3.39. The van der Waals surface area contributed by atoms with Crippen LogP contribution in [0.1, 0.15) is 42.4 Å². The van der Waals surface area contributed by atoms with E-state index in [0.717, 1.165) is 21.5 Å². The van der Waals surface area contributed by atoms with E-state index in [1.54, 1.807) is 21.3 Å². The maximum Gasteiger partial charge on any atom is 0.256 e. The SMILES string of the molecule is CCN(CC)C(=O)c1cccc2c(N[C@@H](C)CN3CCN(S(=O)(=O)c4ccc(-c5onc(C)c5C)s4)CC3)ncnc12. The van der Waals surface area contributed by atoms with E-state index < -0.39 is 10.0 Å². The second kappa shape index (κ2) is 12.5. The van der Waals surface area contributed by atoms with Crippen molar-refractivity contribution in [2.24, 2.45) is 0 Å². The number of benzene rings is 1. The molecule has 13 heteroatoms. The molecular weight excluding hydrogens is 574 g/mol. The van der Waals surface area contributed by atoms with Gasteiger partial charge in [0.15, 0.2) is 5.76 Å². The largest absolute Gasteiger partial charge is 0.366 e. The third-order valence-corrected chi connectivity index (χ3v) is 11.2. The lowest BCUT2D eigenvalue weighted by Gasteiger charge is -2.35. The van der Waals surface area contributed by atoms with Crippen molar-refractivity contribution >= 4 is 44.0 Å². The first-order valence-corrected chi connectivity index (χ1v) is 16.4. The van der Waals surface area contributed by atoms with Crippen LogP contribution >= 0.6 is 11.3 Å². The van der Waals surface area contributed by atoms with Crippen LogP contribution < -0.4 is 5.32 Å². The van der Waals surface area contributed by atoms with Gasteiger partial charge in [-0.3, -0.25) is 9.69 Å². The summed E-state index contributed by atoms with van der Waals surface area (Å²) in [6.07, 6.45) is 1.49. The predicted octanol–water partition coefficient (Wildman–Crippen LogP) is 4.25. The number of aryl methyl sites for hydroxylation is 1. The Labute approximate surface area is 250 Å². The first-order chi connectivity index (χ1) is 20.1. The second-order valence-corrected chi connectivity index (χ2v) is 13.7. The Balaban J connectivity index is 1.21. The molecule has 4 aromatic rings. The average Bonchev–Trinajstić information content (AvgIpc) is 3.61. The minimum atomic E-state index is -3.60. The van der Waals surface area contributed by atoms with Crippen molar-refractivity contribution in [3.8, 4) is 10.6 Å². The minimum Gasteiger partial charge on any atom is -0.366 e.